The zero-order valence-corrected chi connectivity index (χ0v) is 15.7. The lowest BCUT2D eigenvalue weighted by atomic mass is 10.2. The lowest BCUT2D eigenvalue weighted by molar-refractivity contribution is 0.236. The molecular weight excluding hydrogens is 310 g/mol. The van der Waals surface area contributed by atoms with E-state index in [1.54, 1.807) is 0 Å². The summed E-state index contributed by atoms with van der Waals surface area (Å²) in [6.45, 7) is 7.90. The molecular formula is C20H33N5. The first kappa shape index (κ1) is 18.1. The summed E-state index contributed by atoms with van der Waals surface area (Å²) in [5.41, 5.74) is 1.31. The lowest BCUT2D eigenvalue weighted by Crippen LogP contribution is -2.49. The SMILES string of the molecule is CCC(CNC(=NC)NC1CCN(c2ccccc2)C1)N1CCCC1. The van der Waals surface area contributed by atoms with E-state index in [1.165, 1.54) is 38.0 Å². The second kappa shape index (κ2) is 9.09. The van der Waals surface area contributed by atoms with Gasteiger partial charge in [0.15, 0.2) is 5.96 Å². The summed E-state index contributed by atoms with van der Waals surface area (Å²) in [6, 6.07) is 11.8. The van der Waals surface area contributed by atoms with Crippen LogP contribution in [0.15, 0.2) is 35.3 Å². The lowest BCUT2D eigenvalue weighted by Gasteiger charge is -2.28. The molecule has 0 spiro atoms. The second-order valence-electron chi connectivity index (χ2n) is 7.17. The van der Waals surface area contributed by atoms with Crippen LogP contribution in [0.25, 0.3) is 0 Å². The molecule has 5 heteroatoms. The van der Waals surface area contributed by atoms with Gasteiger partial charge in [0.05, 0.1) is 0 Å². The van der Waals surface area contributed by atoms with Crippen LogP contribution < -0.4 is 15.5 Å². The number of benzene rings is 1. The molecule has 138 valence electrons. The van der Waals surface area contributed by atoms with Crippen LogP contribution in [0, 0.1) is 0 Å². The quantitative estimate of drug-likeness (QED) is 0.614. The van der Waals surface area contributed by atoms with Crippen molar-refractivity contribution >= 4 is 11.6 Å². The maximum absolute atomic E-state index is 4.44. The van der Waals surface area contributed by atoms with E-state index < -0.39 is 0 Å². The predicted molar refractivity (Wildman–Crippen MR) is 106 cm³/mol. The Labute approximate surface area is 152 Å². The van der Waals surface area contributed by atoms with E-state index in [-0.39, 0.29) is 0 Å². The number of anilines is 1. The van der Waals surface area contributed by atoms with Crippen molar-refractivity contribution in [2.45, 2.75) is 44.7 Å². The van der Waals surface area contributed by atoms with Gasteiger partial charge < -0.3 is 15.5 Å². The van der Waals surface area contributed by atoms with Crippen LogP contribution in [0.2, 0.25) is 0 Å². The Bertz CT molecular complexity index is 538. The third-order valence-electron chi connectivity index (χ3n) is 5.51. The molecule has 0 aromatic heterocycles. The van der Waals surface area contributed by atoms with Crippen LogP contribution in [-0.2, 0) is 0 Å². The van der Waals surface area contributed by atoms with E-state index >= 15 is 0 Å². The van der Waals surface area contributed by atoms with Crippen LogP contribution in [0.3, 0.4) is 0 Å². The number of rotatable bonds is 6. The molecule has 2 N–H and O–H groups in total. The van der Waals surface area contributed by atoms with Gasteiger partial charge in [-0.3, -0.25) is 9.89 Å². The van der Waals surface area contributed by atoms with E-state index in [0.717, 1.165) is 32.0 Å². The van der Waals surface area contributed by atoms with Gasteiger partial charge >= 0.3 is 0 Å². The molecule has 2 unspecified atom stereocenters. The third-order valence-corrected chi connectivity index (χ3v) is 5.51. The van der Waals surface area contributed by atoms with Crippen molar-refractivity contribution in [3.05, 3.63) is 30.3 Å². The Morgan fingerprint density at radius 1 is 1.20 bits per heavy atom. The molecule has 0 aliphatic carbocycles. The molecule has 0 amide bonds. The highest BCUT2D eigenvalue weighted by molar-refractivity contribution is 5.80. The number of nitrogens with zero attached hydrogens (tertiary/aromatic N) is 3. The molecule has 25 heavy (non-hydrogen) atoms. The topological polar surface area (TPSA) is 42.9 Å². The Morgan fingerprint density at radius 2 is 1.96 bits per heavy atom. The van der Waals surface area contributed by atoms with Crippen molar-refractivity contribution in [1.29, 1.82) is 0 Å². The number of likely N-dealkylation sites (tertiary alicyclic amines) is 1. The zero-order valence-electron chi connectivity index (χ0n) is 15.7. The molecule has 2 fully saturated rings. The monoisotopic (exact) mass is 343 g/mol. The fraction of sp³-hybridized carbons (Fsp3) is 0.650. The summed E-state index contributed by atoms with van der Waals surface area (Å²) < 4.78 is 0. The van der Waals surface area contributed by atoms with Gasteiger partial charge in [-0.25, -0.2) is 0 Å². The van der Waals surface area contributed by atoms with Gasteiger partial charge in [-0.15, -0.1) is 0 Å². The first-order chi connectivity index (χ1) is 12.3. The standard InChI is InChI=1S/C20H33N5/c1-3-18(24-12-7-8-13-24)15-22-20(21-2)23-17-11-14-25(16-17)19-9-5-4-6-10-19/h4-6,9-10,17-18H,3,7-8,11-16H2,1-2H3,(H2,21,22,23). The molecule has 0 saturated carbocycles. The first-order valence-electron chi connectivity index (χ1n) is 9.81. The largest absolute Gasteiger partial charge is 0.369 e. The Morgan fingerprint density at radius 3 is 2.64 bits per heavy atom. The van der Waals surface area contributed by atoms with Crippen molar-refractivity contribution in [1.82, 2.24) is 15.5 Å². The molecule has 2 aliphatic rings. The van der Waals surface area contributed by atoms with E-state index in [2.05, 4.69) is 62.7 Å². The molecule has 2 aliphatic heterocycles. The van der Waals surface area contributed by atoms with Crippen molar-refractivity contribution in [2.24, 2.45) is 4.99 Å². The van der Waals surface area contributed by atoms with Gasteiger partial charge in [-0.2, -0.15) is 0 Å². The Kier molecular flexibility index (Phi) is 6.56. The van der Waals surface area contributed by atoms with Gasteiger partial charge in [0.25, 0.3) is 0 Å². The number of hydrogen-bond donors (Lipinski definition) is 2. The summed E-state index contributed by atoms with van der Waals surface area (Å²) >= 11 is 0. The summed E-state index contributed by atoms with van der Waals surface area (Å²) in [4.78, 5) is 9.51. The minimum Gasteiger partial charge on any atom is -0.369 e. The average Bonchev–Trinajstić information content (AvgIpc) is 3.34. The Hall–Kier alpha value is -1.75. The van der Waals surface area contributed by atoms with Crippen LogP contribution in [0.5, 0.6) is 0 Å². The molecule has 0 bridgehead atoms. The number of aliphatic imine (C=N–C) groups is 1. The van der Waals surface area contributed by atoms with Crippen LogP contribution in [-0.4, -0.2) is 62.7 Å². The van der Waals surface area contributed by atoms with E-state index in [9.17, 15) is 0 Å². The normalized spacial score (nSPS) is 23.0. The van der Waals surface area contributed by atoms with Crippen molar-refractivity contribution in [3.63, 3.8) is 0 Å². The van der Waals surface area contributed by atoms with Crippen LogP contribution in [0.4, 0.5) is 5.69 Å². The van der Waals surface area contributed by atoms with E-state index in [1.807, 2.05) is 7.05 Å². The summed E-state index contributed by atoms with van der Waals surface area (Å²) in [5, 5.41) is 7.17. The molecule has 2 atom stereocenters. The number of nitrogens with one attached hydrogen (secondary N) is 2. The molecule has 1 aromatic rings. The zero-order chi connectivity index (χ0) is 17.5. The minimum absolute atomic E-state index is 0.457. The molecule has 2 saturated heterocycles. The first-order valence-corrected chi connectivity index (χ1v) is 9.81. The maximum atomic E-state index is 4.44. The predicted octanol–water partition coefficient (Wildman–Crippen LogP) is 2.30. The summed E-state index contributed by atoms with van der Waals surface area (Å²) in [5.74, 6) is 0.942. The molecule has 2 heterocycles. The van der Waals surface area contributed by atoms with Gasteiger partial charge in [-0.05, 0) is 50.9 Å². The highest BCUT2D eigenvalue weighted by Crippen LogP contribution is 2.19. The fourth-order valence-corrected chi connectivity index (χ4v) is 3.99. The number of guanidine groups is 1. The van der Waals surface area contributed by atoms with Crippen molar-refractivity contribution < 1.29 is 0 Å². The maximum Gasteiger partial charge on any atom is 0.191 e. The molecule has 3 rings (SSSR count). The fourth-order valence-electron chi connectivity index (χ4n) is 3.99. The summed E-state index contributed by atoms with van der Waals surface area (Å²) in [7, 11) is 1.87. The average molecular weight is 344 g/mol. The highest BCUT2D eigenvalue weighted by Gasteiger charge is 2.24. The van der Waals surface area contributed by atoms with Gasteiger partial charge in [-0.1, -0.05) is 25.1 Å². The Balaban J connectivity index is 1.46. The van der Waals surface area contributed by atoms with Crippen molar-refractivity contribution in [3.8, 4) is 0 Å². The van der Waals surface area contributed by atoms with Crippen molar-refractivity contribution in [2.75, 3.05) is 44.7 Å². The smallest absolute Gasteiger partial charge is 0.191 e. The molecule has 5 nitrogen and oxygen atoms in total. The van der Waals surface area contributed by atoms with Crippen LogP contribution in [0.1, 0.15) is 32.6 Å². The highest BCUT2D eigenvalue weighted by atomic mass is 15.3. The van der Waals surface area contributed by atoms with Gasteiger partial charge in [0.1, 0.15) is 0 Å². The third kappa shape index (κ3) is 4.88. The minimum atomic E-state index is 0.457. The van der Waals surface area contributed by atoms with Crippen LogP contribution >= 0.6 is 0 Å². The molecule has 1 aromatic carbocycles. The summed E-state index contributed by atoms with van der Waals surface area (Å²) in [6.07, 6.45) is 5.04. The van der Waals surface area contributed by atoms with Gasteiger partial charge in [0.2, 0.25) is 0 Å². The number of hydrogen-bond acceptors (Lipinski definition) is 3. The second-order valence-corrected chi connectivity index (χ2v) is 7.17. The van der Waals surface area contributed by atoms with Gasteiger partial charge in [0, 0.05) is 44.5 Å². The molecule has 0 radical (unpaired) electrons. The van der Waals surface area contributed by atoms with E-state index in [4.69, 9.17) is 0 Å². The number of para-hydroxylation sites is 1. The van der Waals surface area contributed by atoms with E-state index in [0.29, 0.717) is 12.1 Å².